The Morgan fingerprint density at radius 1 is 1.06 bits per heavy atom. The predicted molar refractivity (Wildman–Crippen MR) is 127 cm³/mol. The molecule has 172 valence electrons. The summed E-state index contributed by atoms with van der Waals surface area (Å²) in [7, 11) is 3.27. The van der Waals surface area contributed by atoms with Gasteiger partial charge in [0.2, 0.25) is 5.95 Å². The van der Waals surface area contributed by atoms with Crippen molar-refractivity contribution in [2.75, 3.05) is 19.5 Å². The lowest BCUT2D eigenvalue weighted by Gasteiger charge is -2.32. The van der Waals surface area contributed by atoms with E-state index < -0.39 is 6.04 Å². The Bertz CT molecular complexity index is 1220. The second kappa shape index (κ2) is 8.81. The van der Waals surface area contributed by atoms with Crippen LogP contribution in [0.15, 0.2) is 53.7 Å². The summed E-state index contributed by atoms with van der Waals surface area (Å²) in [5.41, 5.74) is 3.88. The van der Waals surface area contributed by atoms with E-state index in [0.717, 1.165) is 48.0 Å². The van der Waals surface area contributed by atoms with Crippen LogP contribution < -0.4 is 14.8 Å². The molecule has 0 radical (unpaired) electrons. The number of aromatic nitrogens is 2. The molecule has 1 fully saturated rings. The lowest BCUT2D eigenvalue weighted by atomic mass is 9.93. The van der Waals surface area contributed by atoms with Gasteiger partial charge < -0.3 is 19.5 Å². The Labute approximate surface area is 193 Å². The summed E-state index contributed by atoms with van der Waals surface area (Å²) in [5, 5.41) is 3.34. The molecule has 5 rings (SSSR count). The lowest BCUT2D eigenvalue weighted by Crippen LogP contribution is -2.31. The molecule has 1 aromatic heterocycles. The summed E-state index contributed by atoms with van der Waals surface area (Å²) in [6.07, 6.45) is 5.18. The summed E-state index contributed by atoms with van der Waals surface area (Å²) in [5.74, 6) is 1.73. The van der Waals surface area contributed by atoms with Gasteiger partial charge in [-0.25, -0.2) is 9.78 Å². The van der Waals surface area contributed by atoms with Gasteiger partial charge in [0.1, 0.15) is 17.6 Å². The molecule has 0 unspecified atom stereocenters. The molecule has 0 spiro atoms. The monoisotopic (exact) mass is 447 g/mol. The number of ether oxygens (including phenoxy) is 3. The van der Waals surface area contributed by atoms with Crippen LogP contribution in [-0.2, 0) is 9.53 Å². The maximum atomic E-state index is 13.7. The standard InChI is InChI=1S/C26H29N3O4/c1-16-23(25(30)33-17-9-5-4-6-10-17)24(19-15-18(31-2)13-14-22(19)32-3)29-21-12-8-7-11-20(21)28-26(29)27-16/h7-8,11-15,17,24H,4-6,9-10H2,1-3H3,(H,27,28)/t24-/m0/s1. The van der Waals surface area contributed by atoms with Crippen molar-refractivity contribution in [1.82, 2.24) is 9.55 Å². The number of nitrogens with one attached hydrogen (secondary N) is 1. The van der Waals surface area contributed by atoms with E-state index in [4.69, 9.17) is 19.2 Å². The van der Waals surface area contributed by atoms with E-state index in [1.165, 1.54) is 6.42 Å². The second-order valence-corrected chi connectivity index (χ2v) is 8.63. The number of carbonyl (C=O) groups is 1. The van der Waals surface area contributed by atoms with Crippen LogP contribution in [0.1, 0.15) is 50.6 Å². The average molecular weight is 448 g/mol. The Kier molecular flexibility index (Phi) is 5.70. The first-order valence-electron chi connectivity index (χ1n) is 11.5. The minimum absolute atomic E-state index is 0.0414. The van der Waals surface area contributed by atoms with Gasteiger partial charge in [0.15, 0.2) is 0 Å². The predicted octanol–water partition coefficient (Wildman–Crippen LogP) is 5.22. The summed E-state index contributed by atoms with van der Waals surface area (Å²) < 4.78 is 19.3. The Hall–Kier alpha value is -3.48. The summed E-state index contributed by atoms with van der Waals surface area (Å²) in [6.45, 7) is 1.90. The molecular weight excluding hydrogens is 418 g/mol. The van der Waals surface area contributed by atoms with Crippen molar-refractivity contribution in [1.29, 1.82) is 0 Å². The number of methoxy groups -OCH3 is 2. The van der Waals surface area contributed by atoms with Crippen molar-refractivity contribution in [3.63, 3.8) is 0 Å². The van der Waals surface area contributed by atoms with Gasteiger partial charge in [0.05, 0.1) is 36.9 Å². The largest absolute Gasteiger partial charge is 0.497 e. The third-order valence-corrected chi connectivity index (χ3v) is 6.61. The zero-order valence-corrected chi connectivity index (χ0v) is 19.3. The molecule has 2 aliphatic rings. The van der Waals surface area contributed by atoms with Gasteiger partial charge in [-0.1, -0.05) is 18.6 Å². The normalized spacial score (nSPS) is 18.6. The number of esters is 1. The molecule has 0 bridgehead atoms. The highest BCUT2D eigenvalue weighted by molar-refractivity contribution is 5.94. The minimum atomic E-state index is -0.477. The number of anilines is 1. The van der Waals surface area contributed by atoms with Crippen LogP contribution >= 0.6 is 0 Å². The van der Waals surface area contributed by atoms with Crippen LogP contribution in [0.25, 0.3) is 11.0 Å². The number of para-hydroxylation sites is 2. The molecule has 2 aromatic carbocycles. The smallest absolute Gasteiger partial charge is 0.338 e. The van der Waals surface area contributed by atoms with Gasteiger partial charge in [-0.2, -0.15) is 0 Å². The van der Waals surface area contributed by atoms with E-state index in [1.54, 1.807) is 14.2 Å². The summed E-state index contributed by atoms with van der Waals surface area (Å²) in [4.78, 5) is 18.4. The summed E-state index contributed by atoms with van der Waals surface area (Å²) in [6, 6.07) is 13.1. The highest BCUT2D eigenvalue weighted by Crippen LogP contribution is 2.43. The molecule has 33 heavy (non-hydrogen) atoms. The fraction of sp³-hybridized carbons (Fsp3) is 0.385. The molecule has 0 amide bonds. The van der Waals surface area contributed by atoms with Crippen molar-refractivity contribution in [2.45, 2.75) is 51.2 Å². The van der Waals surface area contributed by atoms with Crippen LogP contribution in [0.2, 0.25) is 0 Å². The molecule has 2 heterocycles. The second-order valence-electron chi connectivity index (χ2n) is 8.63. The fourth-order valence-electron chi connectivity index (χ4n) is 4.97. The maximum absolute atomic E-state index is 13.7. The fourth-order valence-corrected chi connectivity index (χ4v) is 4.97. The minimum Gasteiger partial charge on any atom is -0.497 e. The van der Waals surface area contributed by atoms with Crippen LogP contribution in [0.5, 0.6) is 11.5 Å². The van der Waals surface area contributed by atoms with Crippen LogP contribution in [0.3, 0.4) is 0 Å². The molecule has 1 N–H and O–H groups in total. The van der Waals surface area contributed by atoms with Gasteiger partial charge in [-0.05, 0) is 62.9 Å². The highest BCUT2D eigenvalue weighted by Gasteiger charge is 2.37. The van der Waals surface area contributed by atoms with E-state index in [1.807, 2.05) is 49.4 Å². The molecule has 1 saturated carbocycles. The number of rotatable bonds is 5. The molecule has 7 nitrogen and oxygen atoms in total. The highest BCUT2D eigenvalue weighted by atomic mass is 16.5. The molecule has 1 atom stereocenters. The number of allylic oxidation sites excluding steroid dienone is 1. The van der Waals surface area contributed by atoms with Gasteiger partial charge in [0, 0.05) is 11.3 Å². The van der Waals surface area contributed by atoms with Crippen LogP contribution in [-0.4, -0.2) is 35.8 Å². The third kappa shape index (κ3) is 3.81. The summed E-state index contributed by atoms with van der Waals surface area (Å²) >= 11 is 0. The molecule has 0 saturated heterocycles. The van der Waals surface area contributed by atoms with Crippen molar-refractivity contribution < 1.29 is 19.0 Å². The zero-order chi connectivity index (χ0) is 22.9. The Balaban J connectivity index is 1.68. The zero-order valence-electron chi connectivity index (χ0n) is 19.3. The first kappa shape index (κ1) is 21.4. The number of benzene rings is 2. The number of imidazole rings is 1. The number of fused-ring (bicyclic) bond motifs is 3. The molecule has 1 aliphatic heterocycles. The van der Waals surface area contributed by atoms with Gasteiger partial charge in [-0.3, -0.25) is 4.57 Å². The first-order chi connectivity index (χ1) is 16.1. The van der Waals surface area contributed by atoms with Crippen molar-refractivity contribution in [2.24, 2.45) is 0 Å². The van der Waals surface area contributed by atoms with Gasteiger partial charge in [-0.15, -0.1) is 0 Å². The number of carbonyl (C=O) groups excluding carboxylic acids is 1. The van der Waals surface area contributed by atoms with E-state index in [2.05, 4.69) is 9.88 Å². The quantitative estimate of drug-likeness (QED) is 0.541. The average Bonchev–Trinajstić information content (AvgIpc) is 3.21. The van der Waals surface area contributed by atoms with E-state index in [-0.39, 0.29) is 12.1 Å². The Morgan fingerprint density at radius 3 is 2.61 bits per heavy atom. The Morgan fingerprint density at radius 2 is 1.85 bits per heavy atom. The van der Waals surface area contributed by atoms with Crippen LogP contribution in [0.4, 0.5) is 5.95 Å². The van der Waals surface area contributed by atoms with E-state index in [0.29, 0.717) is 23.0 Å². The van der Waals surface area contributed by atoms with Crippen molar-refractivity contribution >= 4 is 23.0 Å². The number of nitrogens with zero attached hydrogens (tertiary/aromatic N) is 2. The van der Waals surface area contributed by atoms with Gasteiger partial charge >= 0.3 is 5.97 Å². The maximum Gasteiger partial charge on any atom is 0.338 e. The third-order valence-electron chi connectivity index (χ3n) is 6.61. The number of hydrogen-bond donors (Lipinski definition) is 1. The first-order valence-corrected chi connectivity index (χ1v) is 11.5. The molecule has 3 aromatic rings. The number of hydrogen-bond acceptors (Lipinski definition) is 6. The van der Waals surface area contributed by atoms with E-state index >= 15 is 0 Å². The molecule has 1 aliphatic carbocycles. The lowest BCUT2D eigenvalue weighted by molar-refractivity contribution is -0.146. The van der Waals surface area contributed by atoms with Crippen molar-refractivity contribution in [3.05, 3.63) is 59.3 Å². The van der Waals surface area contributed by atoms with E-state index in [9.17, 15) is 4.79 Å². The van der Waals surface area contributed by atoms with Crippen molar-refractivity contribution in [3.8, 4) is 11.5 Å². The molecular formula is C26H29N3O4. The topological polar surface area (TPSA) is 74.6 Å². The van der Waals surface area contributed by atoms with Gasteiger partial charge in [0.25, 0.3) is 0 Å². The van der Waals surface area contributed by atoms with Crippen LogP contribution in [0, 0.1) is 0 Å². The molecule has 7 heteroatoms. The SMILES string of the molecule is COc1ccc(OC)c([C@H]2C(C(=O)OC3CCCCC3)=C(C)Nc3nc4ccccc4n32)c1.